The van der Waals surface area contributed by atoms with Gasteiger partial charge in [0.05, 0.1) is 21.7 Å². The molecule has 3 aromatic rings. The van der Waals surface area contributed by atoms with Gasteiger partial charge < -0.3 is 11.1 Å². The van der Waals surface area contributed by atoms with Gasteiger partial charge in [-0.2, -0.15) is 0 Å². The zero-order valence-electron chi connectivity index (χ0n) is 13.9. The minimum atomic E-state index is -0.694. The van der Waals surface area contributed by atoms with E-state index in [2.05, 4.69) is 5.32 Å². The normalized spacial score (nSPS) is 10.5. The van der Waals surface area contributed by atoms with Crippen LogP contribution in [-0.2, 0) is 11.3 Å². The Balaban J connectivity index is 1.93. The molecule has 0 atom stereocenters. The van der Waals surface area contributed by atoms with Crippen molar-refractivity contribution in [1.82, 2.24) is 4.57 Å². The van der Waals surface area contributed by atoms with E-state index in [4.69, 9.17) is 5.73 Å². The molecular formula is C18H14N4O5. The van der Waals surface area contributed by atoms with Crippen molar-refractivity contribution in [2.24, 2.45) is 5.73 Å². The van der Waals surface area contributed by atoms with Crippen molar-refractivity contribution in [2.45, 2.75) is 6.54 Å². The Morgan fingerprint density at radius 1 is 1.11 bits per heavy atom. The van der Waals surface area contributed by atoms with Crippen LogP contribution in [0.3, 0.4) is 0 Å². The summed E-state index contributed by atoms with van der Waals surface area (Å²) in [6.45, 7) is -0.332. The second-order valence-electron chi connectivity index (χ2n) is 5.72. The number of anilines is 1. The highest BCUT2D eigenvalue weighted by Gasteiger charge is 2.14. The summed E-state index contributed by atoms with van der Waals surface area (Å²) in [5.74, 6) is -1.24. The van der Waals surface area contributed by atoms with E-state index in [1.807, 2.05) is 0 Å². The molecule has 2 amide bonds. The van der Waals surface area contributed by atoms with Gasteiger partial charge in [-0.1, -0.05) is 12.1 Å². The third-order valence-corrected chi connectivity index (χ3v) is 3.95. The molecule has 0 unspecified atom stereocenters. The van der Waals surface area contributed by atoms with Gasteiger partial charge in [0, 0.05) is 23.6 Å². The zero-order chi connectivity index (χ0) is 19.6. The SMILES string of the molecule is NC(=O)c1ccccc1NC(=O)Cn1c(=O)ccc2cc([N+](=O)[O-])ccc21. The second-order valence-corrected chi connectivity index (χ2v) is 5.72. The van der Waals surface area contributed by atoms with E-state index >= 15 is 0 Å². The standard InChI is InChI=1S/C18H14N4O5/c19-18(25)13-3-1-2-4-14(13)20-16(23)10-21-15-7-6-12(22(26)27)9-11(15)5-8-17(21)24/h1-9H,10H2,(H2,19,25)(H,20,23). The molecule has 1 heterocycles. The number of pyridine rings is 1. The van der Waals surface area contributed by atoms with Crippen LogP contribution < -0.4 is 16.6 Å². The Labute approximate surface area is 152 Å². The summed E-state index contributed by atoms with van der Waals surface area (Å²) in [5, 5.41) is 13.9. The van der Waals surface area contributed by atoms with E-state index in [-0.39, 0.29) is 23.5 Å². The predicted molar refractivity (Wildman–Crippen MR) is 98.5 cm³/mol. The number of nitro groups is 1. The third kappa shape index (κ3) is 3.66. The number of carbonyl (C=O) groups is 2. The van der Waals surface area contributed by atoms with Crippen LogP contribution in [0.4, 0.5) is 11.4 Å². The van der Waals surface area contributed by atoms with Crippen LogP contribution in [-0.4, -0.2) is 21.3 Å². The number of nitro benzene ring substituents is 1. The molecule has 0 aliphatic carbocycles. The van der Waals surface area contributed by atoms with Gasteiger partial charge >= 0.3 is 0 Å². The number of hydrogen-bond donors (Lipinski definition) is 2. The summed E-state index contributed by atoms with van der Waals surface area (Å²) < 4.78 is 1.20. The first kappa shape index (κ1) is 17.8. The highest BCUT2D eigenvalue weighted by molar-refractivity contribution is 6.03. The highest BCUT2D eigenvalue weighted by Crippen LogP contribution is 2.20. The number of amides is 2. The van der Waals surface area contributed by atoms with Crippen LogP contribution in [0.2, 0.25) is 0 Å². The van der Waals surface area contributed by atoms with Gasteiger partial charge in [-0.3, -0.25) is 29.1 Å². The van der Waals surface area contributed by atoms with Crippen LogP contribution in [0.1, 0.15) is 10.4 Å². The minimum Gasteiger partial charge on any atom is -0.366 e. The third-order valence-electron chi connectivity index (χ3n) is 3.95. The smallest absolute Gasteiger partial charge is 0.270 e. The van der Waals surface area contributed by atoms with Gasteiger partial charge in [-0.15, -0.1) is 0 Å². The van der Waals surface area contributed by atoms with Gasteiger partial charge in [0.25, 0.3) is 17.2 Å². The molecule has 2 aromatic carbocycles. The van der Waals surface area contributed by atoms with Crippen molar-refractivity contribution >= 4 is 34.1 Å². The molecule has 3 N–H and O–H groups in total. The fourth-order valence-electron chi connectivity index (χ4n) is 2.71. The van der Waals surface area contributed by atoms with Crippen LogP contribution in [0.5, 0.6) is 0 Å². The fourth-order valence-corrected chi connectivity index (χ4v) is 2.71. The number of rotatable bonds is 5. The van der Waals surface area contributed by atoms with Gasteiger partial charge in [-0.25, -0.2) is 0 Å². The fraction of sp³-hybridized carbons (Fsp3) is 0.0556. The van der Waals surface area contributed by atoms with E-state index < -0.39 is 22.3 Å². The zero-order valence-corrected chi connectivity index (χ0v) is 13.9. The average Bonchev–Trinajstić information content (AvgIpc) is 2.63. The maximum Gasteiger partial charge on any atom is 0.270 e. The molecule has 0 spiro atoms. The van der Waals surface area contributed by atoms with Crippen molar-refractivity contribution in [3.8, 4) is 0 Å². The summed E-state index contributed by atoms with van der Waals surface area (Å²) in [4.78, 5) is 46.4. The maximum absolute atomic E-state index is 12.4. The van der Waals surface area contributed by atoms with Crippen molar-refractivity contribution in [3.63, 3.8) is 0 Å². The lowest BCUT2D eigenvalue weighted by Gasteiger charge is -2.12. The number of non-ortho nitro benzene ring substituents is 1. The first-order valence-electron chi connectivity index (χ1n) is 7.83. The topological polar surface area (TPSA) is 137 Å². The molecular weight excluding hydrogens is 352 g/mol. The number of para-hydroxylation sites is 1. The largest absolute Gasteiger partial charge is 0.366 e. The van der Waals surface area contributed by atoms with E-state index in [0.717, 1.165) is 0 Å². The number of carbonyl (C=O) groups excluding carboxylic acids is 2. The van der Waals surface area contributed by atoms with E-state index in [9.17, 15) is 24.5 Å². The van der Waals surface area contributed by atoms with Gasteiger partial charge in [-0.05, 0) is 24.3 Å². The Morgan fingerprint density at radius 3 is 2.56 bits per heavy atom. The Kier molecular flexibility index (Phi) is 4.67. The molecule has 0 aliphatic rings. The average molecular weight is 366 g/mol. The first-order valence-corrected chi connectivity index (χ1v) is 7.83. The highest BCUT2D eigenvalue weighted by atomic mass is 16.6. The molecule has 0 fully saturated rings. The quantitative estimate of drug-likeness (QED) is 0.522. The summed E-state index contributed by atoms with van der Waals surface area (Å²) in [5.41, 5.74) is 5.49. The summed E-state index contributed by atoms with van der Waals surface area (Å²) in [6.07, 6.45) is 0. The molecule has 0 bridgehead atoms. The van der Waals surface area contributed by atoms with Crippen LogP contribution >= 0.6 is 0 Å². The summed E-state index contributed by atoms with van der Waals surface area (Å²) in [7, 11) is 0. The number of fused-ring (bicyclic) bond motifs is 1. The number of primary amides is 1. The molecule has 0 saturated carbocycles. The Bertz CT molecular complexity index is 1140. The molecule has 3 rings (SSSR count). The lowest BCUT2D eigenvalue weighted by Crippen LogP contribution is -2.28. The molecule has 0 saturated heterocycles. The van der Waals surface area contributed by atoms with Gasteiger partial charge in [0.15, 0.2) is 0 Å². The predicted octanol–water partition coefficient (Wildman–Crippen LogP) is 1.65. The monoisotopic (exact) mass is 366 g/mol. The van der Waals surface area contributed by atoms with Crippen molar-refractivity contribution < 1.29 is 14.5 Å². The van der Waals surface area contributed by atoms with E-state index in [0.29, 0.717) is 10.9 Å². The number of hydrogen-bond acceptors (Lipinski definition) is 5. The van der Waals surface area contributed by atoms with Crippen molar-refractivity contribution in [3.05, 3.63) is 80.6 Å². The summed E-state index contributed by atoms with van der Waals surface area (Å²) in [6, 6.07) is 12.9. The molecule has 136 valence electrons. The second kappa shape index (κ2) is 7.08. The van der Waals surface area contributed by atoms with E-state index in [1.165, 1.54) is 47.0 Å². The number of aromatic nitrogens is 1. The van der Waals surface area contributed by atoms with Crippen LogP contribution in [0, 0.1) is 10.1 Å². The Hall–Kier alpha value is -4.01. The van der Waals surface area contributed by atoms with E-state index in [1.54, 1.807) is 12.1 Å². The number of nitrogens with one attached hydrogen (secondary N) is 1. The molecule has 9 heteroatoms. The lowest BCUT2D eigenvalue weighted by molar-refractivity contribution is -0.384. The molecule has 0 radical (unpaired) electrons. The molecule has 1 aromatic heterocycles. The summed E-state index contributed by atoms with van der Waals surface area (Å²) >= 11 is 0. The molecule has 9 nitrogen and oxygen atoms in total. The van der Waals surface area contributed by atoms with Crippen LogP contribution in [0.25, 0.3) is 10.9 Å². The van der Waals surface area contributed by atoms with Crippen molar-refractivity contribution in [1.29, 1.82) is 0 Å². The maximum atomic E-state index is 12.4. The molecule has 27 heavy (non-hydrogen) atoms. The number of nitrogens with two attached hydrogens (primary N) is 1. The Morgan fingerprint density at radius 2 is 1.85 bits per heavy atom. The van der Waals surface area contributed by atoms with Gasteiger partial charge in [0.1, 0.15) is 6.54 Å². The molecule has 0 aliphatic heterocycles. The minimum absolute atomic E-state index is 0.118. The first-order chi connectivity index (χ1) is 12.9. The number of benzene rings is 2. The lowest BCUT2D eigenvalue weighted by atomic mass is 10.1. The van der Waals surface area contributed by atoms with Crippen LogP contribution in [0.15, 0.2) is 59.4 Å². The van der Waals surface area contributed by atoms with Crippen molar-refractivity contribution in [2.75, 3.05) is 5.32 Å². The number of nitrogens with zero attached hydrogens (tertiary/aromatic N) is 2. The van der Waals surface area contributed by atoms with Gasteiger partial charge in [0.2, 0.25) is 5.91 Å².